The van der Waals surface area contributed by atoms with Crippen LogP contribution >= 0.6 is 23.1 Å². The molecule has 0 radical (unpaired) electrons. The zero-order valence-corrected chi connectivity index (χ0v) is 14.3. The van der Waals surface area contributed by atoms with Gasteiger partial charge in [0, 0.05) is 12.0 Å². The van der Waals surface area contributed by atoms with Crippen molar-refractivity contribution in [2.75, 3.05) is 11.9 Å². The topological polar surface area (TPSA) is 87.9 Å². The minimum atomic E-state index is -0.692. The Balaban J connectivity index is 1.91. The summed E-state index contributed by atoms with van der Waals surface area (Å²) in [5.41, 5.74) is 0.827. The molecule has 1 aromatic carbocycles. The molecule has 1 N–H and O–H groups in total. The maximum atomic E-state index is 12.8. The van der Waals surface area contributed by atoms with Gasteiger partial charge in [-0.3, -0.25) is 0 Å². The molecule has 1 aromatic heterocycles. The van der Waals surface area contributed by atoms with Gasteiger partial charge in [0.25, 0.3) is 0 Å². The monoisotopic (exact) mass is 364 g/mol. The summed E-state index contributed by atoms with van der Waals surface area (Å²) in [4.78, 5) is 11.5. The molecule has 0 aliphatic heterocycles. The van der Waals surface area contributed by atoms with Crippen LogP contribution in [0.3, 0.4) is 0 Å². The van der Waals surface area contributed by atoms with Gasteiger partial charge in [0.2, 0.25) is 5.13 Å². The maximum absolute atomic E-state index is 12.8. The normalized spacial score (nSPS) is 11.0. The average molecular weight is 364 g/mol. The molecule has 0 aliphatic carbocycles. The third-order valence-corrected chi connectivity index (χ3v) is 4.70. The molecule has 1 heterocycles. The second-order valence-electron chi connectivity index (χ2n) is 4.32. The van der Waals surface area contributed by atoms with Gasteiger partial charge in [-0.25, -0.2) is 9.18 Å². The van der Waals surface area contributed by atoms with Gasteiger partial charge in [-0.05, 0) is 24.6 Å². The third kappa shape index (κ3) is 5.33. The lowest BCUT2D eigenvalue weighted by Crippen LogP contribution is -2.07. The van der Waals surface area contributed by atoms with Gasteiger partial charge in [0.05, 0.1) is 6.61 Å². The molecule has 0 saturated carbocycles. The molecular weight excluding hydrogens is 351 g/mol. The number of hydrogen-bond donors (Lipinski definition) is 1. The number of aromatic nitrogens is 2. The highest BCUT2D eigenvalue weighted by Crippen LogP contribution is 2.28. The van der Waals surface area contributed by atoms with Crippen molar-refractivity contribution in [2.45, 2.75) is 17.0 Å². The number of hydrogen-bond acceptors (Lipinski definition) is 8. The van der Waals surface area contributed by atoms with Gasteiger partial charge in [-0.15, -0.1) is 10.2 Å². The largest absolute Gasteiger partial charge is 0.462 e. The van der Waals surface area contributed by atoms with Crippen molar-refractivity contribution in [2.24, 2.45) is 0 Å². The van der Waals surface area contributed by atoms with Crippen molar-refractivity contribution in [1.82, 2.24) is 10.2 Å². The number of thioether (sulfide) groups is 1. The molecule has 0 saturated heterocycles. The van der Waals surface area contributed by atoms with E-state index >= 15 is 0 Å². The zero-order chi connectivity index (χ0) is 17.4. The Morgan fingerprint density at radius 3 is 2.88 bits per heavy atom. The van der Waals surface area contributed by atoms with E-state index in [-0.39, 0.29) is 18.0 Å². The third-order valence-electron chi connectivity index (χ3n) is 2.64. The summed E-state index contributed by atoms with van der Waals surface area (Å²) in [7, 11) is 0. The molecule has 9 heteroatoms. The Bertz CT molecular complexity index is 769. The van der Waals surface area contributed by atoms with Crippen LogP contribution in [0.1, 0.15) is 12.5 Å². The highest BCUT2D eigenvalue weighted by Gasteiger charge is 2.10. The van der Waals surface area contributed by atoms with E-state index in [4.69, 9.17) is 10.00 Å². The quantitative estimate of drug-likeness (QED) is 0.349. The predicted molar refractivity (Wildman–Crippen MR) is 89.8 cm³/mol. The maximum Gasteiger partial charge on any atom is 0.350 e. The van der Waals surface area contributed by atoms with Crippen molar-refractivity contribution in [1.29, 1.82) is 5.26 Å². The van der Waals surface area contributed by atoms with Crippen LogP contribution in [0.5, 0.6) is 0 Å². The minimum Gasteiger partial charge on any atom is -0.462 e. The van der Waals surface area contributed by atoms with E-state index in [1.54, 1.807) is 25.1 Å². The second-order valence-corrected chi connectivity index (χ2v) is 6.52. The lowest BCUT2D eigenvalue weighted by molar-refractivity contribution is -0.138. The number of carbonyl (C=O) groups is 1. The molecule has 0 spiro atoms. The van der Waals surface area contributed by atoms with Crippen molar-refractivity contribution in [3.05, 3.63) is 47.4 Å². The summed E-state index contributed by atoms with van der Waals surface area (Å²) in [5.74, 6) is -0.326. The first-order valence-corrected chi connectivity index (χ1v) is 8.67. The highest BCUT2D eigenvalue weighted by molar-refractivity contribution is 8.00. The Morgan fingerprint density at radius 1 is 1.46 bits per heavy atom. The van der Waals surface area contributed by atoms with E-state index in [2.05, 4.69) is 15.5 Å². The summed E-state index contributed by atoms with van der Waals surface area (Å²) in [6.45, 7) is 1.86. The number of carbonyl (C=O) groups excluding carboxylic acids is 1. The fourth-order valence-electron chi connectivity index (χ4n) is 1.53. The molecule has 0 aliphatic rings. The van der Waals surface area contributed by atoms with E-state index < -0.39 is 5.97 Å². The number of nitriles is 1. The molecule has 0 unspecified atom stereocenters. The van der Waals surface area contributed by atoms with E-state index in [9.17, 15) is 9.18 Å². The molecule has 0 atom stereocenters. The summed E-state index contributed by atoms with van der Waals surface area (Å²) >= 11 is 2.74. The lowest BCUT2D eigenvalue weighted by atomic mass is 10.2. The molecule has 0 fully saturated rings. The van der Waals surface area contributed by atoms with Gasteiger partial charge in [0.15, 0.2) is 9.91 Å². The van der Waals surface area contributed by atoms with Crippen LogP contribution in [0.15, 0.2) is 40.4 Å². The van der Waals surface area contributed by atoms with E-state index in [0.29, 0.717) is 15.2 Å². The second kappa shape index (κ2) is 9.00. The summed E-state index contributed by atoms with van der Waals surface area (Å²) in [6.07, 6.45) is 1.24. The van der Waals surface area contributed by atoms with Crippen LogP contribution in [-0.4, -0.2) is 22.8 Å². The first kappa shape index (κ1) is 17.9. The van der Waals surface area contributed by atoms with Gasteiger partial charge in [-0.1, -0.05) is 35.2 Å². The van der Waals surface area contributed by atoms with Gasteiger partial charge < -0.3 is 10.1 Å². The SMILES string of the molecule is CCOC(=O)/C(C#N)=C/Nc1nnc(SCc2ccc(F)cc2)s1. The number of anilines is 1. The number of halogens is 1. The molecule has 24 heavy (non-hydrogen) atoms. The molecular formula is C15H13FN4O2S2. The van der Waals surface area contributed by atoms with Crippen molar-refractivity contribution in [3.63, 3.8) is 0 Å². The van der Waals surface area contributed by atoms with Crippen molar-refractivity contribution in [3.8, 4) is 6.07 Å². The molecule has 0 amide bonds. The van der Waals surface area contributed by atoms with Crippen LogP contribution in [0.4, 0.5) is 9.52 Å². The van der Waals surface area contributed by atoms with Gasteiger partial charge in [-0.2, -0.15) is 5.26 Å². The number of esters is 1. The Kier molecular flexibility index (Phi) is 6.72. The highest BCUT2D eigenvalue weighted by atomic mass is 32.2. The molecule has 2 aromatic rings. The molecule has 2 rings (SSSR count). The summed E-state index contributed by atoms with van der Waals surface area (Å²) in [6, 6.07) is 8.00. The van der Waals surface area contributed by atoms with Crippen molar-refractivity contribution < 1.29 is 13.9 Å². The molecule has 6 nitrogen and oxygen atoms in total. The van der Waals surface area contributed by atoms with Gasteiger partial charge >= 0.3 is 5.97 Å². The molecule has 0 bridgehead atoms. The first-order chi connectivity index (χ1) is 11.6. The van der Waals surface area contributed by atoms with Crippen LogP contribution in [0.25, 0.3) is 0 Å². The fraction of sp³-hybridized carbons (Fsp3) is 0.200. The smallest absolute Gasteiger partial charge is 0.350 e. The van der Waals surface area contributed by atoms with Crippen LogP contribution in [-0.2, 0) is 15.3 Å². The number of nitrogens with zero attached hydrogens (tertiary/aromatic N) is 3. The Hall–Kier alpha value is -2.44. The number of rotatable bonds is 7. The fourth-order valence-corrected chi connectivity index (χ4v) is 3.21. The van der Waals surface area contributed by atoms with Crippen LogP contribution in [0, 0.1) is 17.1 Å². The summed E-state index contributed by atoms with van der Waals surface area (Å²) in [5, 5.41) is 20.0. The van der Waals surface area contributed by atoms with Crippen molar-refractivity contribution >= 4 is 34.2 Å². The number of ether oxygens (including phenoxy) is 1. The van der Waals surface area contributed by atoms with E-state index in [0.717, 1.165) is 5.56 Å². The molecule has 124 valence electrons. The van der Waals surface area contributed by atoms with E-state index in [1.807, 2.05) is 0 Å². The van der Waals surface area contributed by atoms with Crippen LogP contribution < -0.4 is 5.32 Å². The average Bonchev–Trinajstić information content (AvgIpc) is 3.03. The first-order valence-electron chi connectivity index (χ1n) is 6.87. The standard InChI is InChI=1S/C15H13FN4O2S2/c1-2-22-13(21)11(7-17)8-18-14-19-20-15(24-14)23-9-10-3-5-12(16)6-4-10/h3-6,8H,2,9H2,1H3,(H,18,19)/b11-8+. The predicted octanol–water partition coefficient (Wildman–Crippen LogP) is 3.35. The van der Waals surface area contributed by atoms with Gasteiger partial charge in [0.1, 0.15) is 11.9 Å². The Morgan fingerprint density at radius 2 is 2.21 bits per heavy atom. The Labute approximate surface area is 146 Å². The van der Waals surface area contributed by atoms with E-state index in [1.165, 1.54) is 41.4 Å². The number of benzene rings is 1. The van der Waals surface area contributed by atoms with Crippen LogP contribution in [0.2, 0.25) is 0 Å². The number of nitrogens with one attached hydrogen (secondary N) is 1. The minimum absolute atomic E-state index is 0.146. The zero-order valence-electron chi connectivity index (χ0n) is 12.7. The lowest BCUT2D eigenvalue weighted by Gasteiger charge is -1.99. The summed E-state index contributed by atoms with van der Waals surface area (Å²) < 4.78 is 18.3.